The van der Waals surface area contributed by atoms with Crippen molar-refractivity contribution in [3.8, 4) is 0 Å². The lowest BCUT2D eigenvalue weighted by Gasteiger charge is -2.30. The van der Waals surface area contributed by atoms with E-state index in [1.807, 2.05) is 85.2 Å². The van der Waals surface area contributed by atoms with Gasteiger partial charge in [-0.1, -0.05) is 87.2 Å². The Morgan fingerprint density at radius 2 is 1.53 bits per heavy atom. The molecule has 0 radical (unpaired) electrons. The zero-order chi connectivity index (χ0) is 26.7. The molecule has 4 nitrogen and oxygen atoms in total. The summed E-state index contributed by atoms with van der Waals surface area (Å²) in [5, 5.41) is 13.0. The minimum atomic E-state index is -0.234. The van der Waals surface area contributed by atoms with Crippen LogP contribution in [0.1, 0.15) is 37.5 Å². The number of carbonyl (C=O) groups excluding carboxylic acids is 1. The molecule has 2 aliphatic rings. The number of aromatic nitrogens is 1. The molecule has 0 atom stereocenters. The standard InChI is InChI=1S/C34H31NO3/c1-34(2,3)31-23-26(22-30(38-31)27-12-8-5-9-13-27)21-29-32(36)28(33(29)37)20-25-15-18-35(19-16-25)17-14-24-10-6-4-7-11-24/h4-13,15-16,18-23H,14,17H2,1-3H3. The molecule has 1 aliphatic carbocycles. The van der Waals surface area contributed by atoms with Gasteiger partial charge in [0.25, 0.3) is 0 Å². The quantitative estimate of drug-likeness (QED) is 0.320. The highest BCUT2D eigenvalue weighted by Crippen LogP contribution is 2.38. The molecule has 3 aromatic rings. The normalized spacial score (nSPS) is 17.7. The van der Waals surface area contributed by atoms with Crippen LogP contribution in [0.15, 0.2) is 132 Å². The second kappa shape index (κ2) is 10.5. The lowest BCUT2D eigenvalue weighted by Crippen LogP contribution is -2.33. The molecule has 0 fully saturated rings. The third-order valence-electron chi connectivity index (χ3n) is 6.63. The molecule has 0 N–H and O–H groups in total. The average Bonchev–Trinajstić information content (AvgIpc) is 2.94. The van der Waals surface area contributed by atoms with Gasteiger partial charge in [0.15, 0.2) is 24.7 Å². The molecule has 0 saturated carbocycles. The summed E-state index contributed by atoms with van der Waals surface area (Å²) in [6, 6.07) is 24.0. The molecule has 5 rings (SSSR count). The molecule has 4 heteroatoms. The van der Waals surface area contributed by atoms with E-state index in [2.05, 4.69) is 37.5 Å². The van der Waals surface area contributed by atoms with Crippen molar-refractivity contribution in [3.05, 3.63) is 148 Å². The first-order valence-electron chi connectivity index (χ1n) is 12.9. The van der Waals surface area contributed by atoms with Crippen LogP contribution < -0.4 is 9.67 Å². The summed E-state index contributed by atoms with van der Waals surface area (Å²) in [4.78, 5) is 13.0. The van der Waals surface area contributed by atoms with E-state index in [1.165, 1.54) is 5.56 Å². The Bertz CT molecular complexity index is 1500. The van der Waals surface area contributed by atoms with Gasteiger partial charge in [0.1, 0.15) is 11.5 Å². The van der Waals surface area contributed by atoms with Gasteiger partial charge in [-0.2, -0.15) is 0 Å². The molecule has 0 saturated heterocycles. The van der Waals surface area contributed by atoms with Crippen LogP contribution in [0.3, 0.4) is 0 Å². The van der Waals surface area contributed by atoms with Gasteiger partial charge in [-0.15, -0.1) is 0 Å². The van der Waals surface area contributed by atoms with Gasteiger partial charge in [0.05, 0.1) is 0 Å². The van der Waals surface area contributed by atoms with Crippen LogP contribution in [-0.2, 0) is 22.5 Å². The number of ether oxygens (including phenoxy) is 1. The van der Waals surface area contributed by atoms with Crippen molar-refractivity contribution in [3.63, 3.8) is 0 Å². The highest BCUT2D eigenvalue weighted by atomic mass is 16.5. The Hall–Kier alpha value is -4.44. The van der Waals surface area contributed by atoms with Crippen molar-refractivity contribution in [2.45, 2.75) is 33.7 Å². The number of benzene rings is 2. The number of ketones is 1. The van der Waals surface area contributed by atoms with E-state index in [-0.39, 0.29) is 28.1 Å². The first-order valence-corrected chi connectivity index (χ1v) is 12.9. The largest absolute Gasteiger partial charge is 0.871 e. The number of hydrogen-bond acceptors (Lipinski definition) is 3. The fourth-order valence-corrected chi connectivity index (χ4v) is 4.37. The van der Waals surface area contributed by atoms with Gasteiger partial charge in [0.2, 0.25) is 0 Å². The van der Waals surface area contributed by atoms with E-state index >= 15 is 0 Å². The molecule has 2 heterocycles. The smallest absolute Gasteiger partial charge is 0.191 e. The van der Waals surface area contributed by atoms with Gasteiger partial charge in [-0.05, 0) is 41.0 Å². The van der Waals surface area contributed by atoms with E-state index in [0.717, 1.165) is 35.4 Å². The van der Waals surface area contributed by atoms with E-state index < -0.39 is 0 Å². The molecule has 0 amide bonds. The molecule has 1 aromatic heterocycles. The van der Waals surface area contributed by atoms with Crippen molar-refractivity contribution >= 4 is 17.6 Å². The maximum absolute atomic E-state index is 13.0. The van der Waals surface area contributed by atoms with Crippen molar-refractivity contribution < 1.29 is 19.2 Å². The molecule has 38 heavy (non-hydrogen) atoms. The van der Waals surface area contributed by atoms with Crippen molar-refractivity contribution in [1.82, 2.24) is 0 Å². The second-order valence-electron chi connectivity index (χ2n) is 10.6. The molecule has 0 spiro atoms. The number of allylic oxidation sites excluding steroid dienone is 7. The molecule has 0 bridgehead atoms. The number of rotatable bonds is 6. The number of hydrogen-bond donors (Lipinski definition) is 0. The average molecular weight is 502 g/mol. The first-order chi connectivity index (χ1) is 18.3. The van der Waals surface area contributed by atoms with Crippen molar-refractivity contribution in [1.29, 1.82) is 0 Å². The summed E-state index contributed by atoms with van der Waals surface area (Å²) in [6.45, 7) is 7.08. The predicted molar refractivity (Wildman–Crippen MR) is 148 cm³/mol. The summed E-state index contributed by atoms with van der Waals surface area (Å²) in [6.07, 6.45) is 12.0. The van der Waals surface area contributed by atoms with Crippen LogP contribution in [0, 0.1) is 5.41 Å². The summed E-state index contributed by atoms with van der Waals surface area (Å²) in [7, 11) is 0. The molecule has 0 unspecified atom stereocenters. The Morgan fingerprint density at radius 1 is 0.868 bits per heavy atom. The molecular weight excluding hydrogens is 470 g/mol. The number of aryl methyl sites for hydroxylation is 2. The van der Waals surface area contributed by atoms with E-state index in [9.17, 15) is 9.90 Å². The molecular formula is C34H31NO3. The second-order valence-corrected chi connectivity index (χ2v) is 10.6. The molecule has 190 valence electrons. The minimum absolute atomic E-state index is 0.204. The summed E-state index contributed by atoms with van der Waals surface area (Å²) >= 11 is 0. The minimum Gasteiger partial charge on any atom is -0.871 e. The van der Waals surface area contributed by atoms with Gasteiger partial charge in [-0.3, -0.25) is 4.79 Å². The third-order valence-corrected chi connectivity index (χ3v) is 6.63. The van der Waals surface area contributed by atoms with E-state index in [0.29, 0.717) is 5.76 Å². The maximum atomic E-state index is 13.0. The summed E-state index contributed by atoms with van der Waals surface area (Å²) in [5.74, 6) is 1.03. The number of Topliss-reactive ketones (excluding diaryl/α,β-unsaturated/α-hetero) is 1. The zero-order valence-electron chi connectivity index (χ0n) is 22.0. The third kappa shape index (κ3) is 5.60. The summed E-state index contributed by atoms with van der Waals surface area (Å²) < 4.78 is 8.29. The van der Waals surface area contributed by atoms with Crippen molar-refractivity contribution in [2.24, 2.45) is 5.41 Å². The fraction of sp³-hybridized carbons (Fsp3) is 0.176. The number of nitrogens with zero attached hydrogens (tertiary/aromatic N) is 1. The van der Waals surface area contributed by atoms with Gasteiger partial charge < -0.3 is 9.84 Å². The van der Waals surface area contributed by atoms with Crippen LogP contribution in [0.5, 0.6) is 0 Å². The van der Waals surface area contributed by atoms with Gasteiger partial charge in [0, 0.05) is 40.7 Å². The van der Waals surface area contributed by atoms with Gasteiger partial charge >= 0.3 is 0 Å². The van der Waals surface area contributed by atoms with Gasteiger partial charge in [-0.25, -0.2) is 4.57 Å². The maximum Gasteiger partial charge on any atom is 0.191 e. The Balaban J connectivity index is 1.36. The Labute approximate surface area is 224 Å². The summed E-state index contributed by atoms with van der Waals surface area (Å²) in [5.41, 5.74) is 4.02. The Kier molecular flexibility index (Phi) is 6.97. The SMILES string of the molecule is CC(C)(C)C1=CC(=CC2=C([O-])C(=Cc3cc[n+](CCc4ccccc4)cc3)C2=O)C=C(c2ccccc2)O1. The number of pyridine rings is 1. The van der Waals surface area contributed by atoms with Crippen LogP contribution in [-0.4, -0.2) is 5.78 Å². The molecule has 2 aromatic carbocycles. The lowest BCUT2D eigenvalue weighted by atomic mass is 9.84. The first kappa shape index (κ1) is 25.2. The topological polar surface area (TPSA) is 53.2 Å². The van der Waals surface area contributed by atoms with Crippen LogP contribution in [0.2, 0.25) is 0 Å². The number of carbonyl (C=O) groups is 1. The fourth-order valence-electron chi connectivity index (χ4n) is 4.37. The van der Waals surface area contributed by atoms with Crippen molar-refractivity contribution in [2.75, 3.05) is 0 Å². The van der Waals surface area contributed by atoms with Crippen LogP contribution >= 0.6 is 0 Å². The highest BCUT2D eigenvalue weighted by Gasteiger charge is 2.28. The monoisotopic (exact) mass is 501 g/mol. The predicted octanol–water partition coefficient (Wildman–Crippen LogP) is 5.73. The zero-order valence-corrected chi connectivity index (χ0v) is 22.0. The van der Waals surface area contributed by atoms with E-state index in [1.54, 1.807) is 12.2 Å². The van der Waals surface area contributed by atoms with Crippen LogP contribution in [0.4, 0.5) is 0 Å². The Morgan fingerprint density at radius 3 is 2.16 bits per heavy atom. The lowest BCUT2D eigenvalue weighted by molar-refractivity contribution is -0.696. The van der Waals surface area contributed by atoms with Crippen LogP contribution in [0.25, 0.3) is 11.8 Å². The highest BCUT2D eigenvalue weighted by molar-refractivity contribution is 6.23. The van der Waals surface area contributed by atoms with E-state index in [4.69, 9.17) is 4.74 Å². The molecule has 1 aliphatic heterocycles.